The summed E-state index contributed by atoms with van der Waals surface area (Å²) in [6, 6.07) is 9.71. The minimum Gasteiger partial charge on any atom is -0.462 e. The molecule has 2 heterocycles. The summed E-state index contributed by atoms with van der Waals surface area (Å²) in [4.78, 5) is 16.6. The number of hydrogen-bond acceptors (Lipinski definition) is 4. The quantitative estimate of drug-likeness (QED) is 0.676. The first kappa shape index (κ1) is 13.1. The Balaban J connectivity index is 2.41. The summed E-state index contributed by atoms with van der Waals surface area (Å²) < 4.78 is 6.89. The molecule has 0 bridgehead atoms. The van der Waals surface area contributed by atoms with E-state index in [2.05, 4.69) is 11.1 Å². The summed E-state index contributed by atoms with van der Waals surface area (Å²) in [5, 5.41) is 9.47. The Labute approximate surface area is 121 Å². The van der Waals surface area contributed by atoms with Crippen LogP contribution in [0.2, 0.25) is 0 Å². The second kappa shape index (κ2) is 4.91. The third-order valence-electron chi connectivity index (χ3n) is 3.38. The van der Waals surface area contributed by atoms with Gasteiger partial charge in [-0.2, -0.15) is 5.26 Å². The Morgan fingerprint density at radius 2 is 2.19 bits per heavy atom. The van der Waals surface area contributed by atoms with Gasteiger partial charge >= 0.3 is 5.97 Å². The van der Waals surface area contributed by atoms with Crippen molar-refractivity contribution in [3.63, 3.8) is 0 Å². The van der Waals surface area contributed by atoms with E-state index in [0.29, 0.717) is 16.8 Å². The molecule has 0 fully saturated rings. The monoisotopic (exact) mass is 279 g/mol. The molecular formula is C16H13N3O2. The fourth-order valence-corrected chi connectivity index (χ4v) is 2.49. The van der Waals surface area contributed by atoms with Crippen LogP contribution in [-0.4, -0.2) is 22.0 Å². The molecule has 0 saturated carbocycles. The molecule has 1 aromatic carbocycles. The maximum absolute atomic E-state index is 12.1. The highest BCUT2D eigenvalue weighted by molar-refractivity contribution is 5.97. The summed E-state index contributed by atoms with van der Waals surface area (Å²) in [6.45, 7) is 3.80. The van der Waals surface area contributed by atoms with Crippen LogP contribution < -0.4 is 0 Å². The SMILES string of the molecule is CCOC(=O)c1c(C)cn2c(nc3ccccc32)c1C#N. The number of fused-ring (bicyclic) bond motifs is 3. The van der Waals surface area contributed by atoms with Gasteiger partial charge in [0.25, 0.3) is 0 Å². The van der Waals surface area contributed by atoms with Gasteiger partial charge in [-0.3, -0.25) is 4.40 Å². The molecule has 0 aliphatic heterocycles. The molecule has 0 amide bonds. The fourth-order valence-electron chi connectivity index (χ4n) is 2.49. The Kier molecular flexibility index (Phi) is 3.07. The van der Waals surface area contributed by atoms with Gasteiger partial charge in [-0.05, 0) is 31.5 Å². The predicted octanol–water partition coefficient (Wildman–Crippen LogP) is 2.84. The normalized spacial score (nSPS) is 10.7. The third-order valence-corrected chi connectivity index (χ3v) is 3.38. The van der Waals surface area contributed by atoms with Gasteiger partial charge in [0.05, 0.1) is 23.2 Å². The number of nitriles is 1. The van der Waals surface area contributed by atoms with E-state index in [9.17, 15) is 10.1 Å². The van der Waals surface area contributed by atoms with Crippen molar-refractivity contribution in [3.05, 3.63) is 47.2 Å². The molecule has 0 spiro atoms. The third kappa shape index (κ3) is 1.93. The highest BCUT2D eigenvalue weighted by Gasteiger charge is 2.21. The second-order valence-electron chi connectivity index (χ2n) is 4.69. The minimum atomic E-state index is -0.485. The molecule has 104 valence electrons. The molecule has 5 nitrogen and oxygen atoms in total. The fraction of sp³-hybridized carbons (Fsp3) is 0.188. The van der Waals surface area contributed by atoms with Crippen LogP contribution >= 0.6 is 0 Å². The smallest absolute Gasteiger partial charge is 0.339 e. The maximum atomic E-state index is 12.1. The summed E-state index contributed by atoms with van der Waals surface area (Å²) in [5.74, 6) is -0.485. The Hall–Kier alpha value is -2.87. The van der Waals surface area contributed by atoms with Gasteiger partial charge in [-0.25, -0.2) is 9.78 Å². The van der Waals surface area contributed by atoms with E-state index in [0.717, 1.165) is 11.0 Å². The number of para-hydroxylation sites is 2. The lowest BCUT2D eigenvalue weighted by molar-refractivity contribution is 0.0525. The van der Waals surface area contributed by atoms with Gasteiger partial charge in [-0.15, -0.1) is 0 Å². The van der Waals surface area contributed by atoms with Crippen LogP contribution in [-0.2, 0) is 4.74 Å². The van der Waals surface area contributed by atoms with Crippen LogP contribution in [0.5, 0.6) is 0 Å². The van der Waals surface area contributed by atoms with Crippen molar-refractivity contribution in [2.75, 3.05) is 6.61 Å². The van der Waals surface area contributed by atoms with E-state index in [4.69, 9.17) is 4.74 Å². The van der Waals surface area contributed by atoms with E-state index in [-0.39, 0.29) is 12.2 Å². The molecule has 0 unspecified atom stereocenters. The summed E-state index contributed by atoms with van der Waals surface area (Å²) in [7, 11) is 0. The van der Waals surface area contributed by atoms with Crippen molar-refractivity contribution in [3.8, 4) is 6.07 Å². The maximum Gasteiger partial charge on any atom is 0.339 e. The summed E-state index contributed by atoms with van der Waals surface area (Å²) >= 11 is 0. The Bertz CT molecular complexity index is 903. The van der Waals surface area contributed by atoms with Gasteiger partial charge in [0.1, 0.15) is 11.6 Å². The number of imidazole rings is 1. The zero-order valence-corrected chi connectivity index (χ0v) is 11.8. The summed E-state index contributed by atoms with van der Waals surface area (Å²) in [5.41, 5.74) is 3.41. The molecule has 0 aliphatic carbocycles. The first-order valence-electron chi connectivity index (χ1n) is 6.65. The first-order valence-corrected chi connectivity index (χ1v) is 6.65. The zero-order chi connectivity index (χ0) is 15.0. The van der Waals surface area contributed by atoms with Crippen molar-refractivity contribution >= 4 is 22.6 Å². The van der Waals surface area contributed by atoms with Crippen LogP contribution in [0, 0.1) is 18.3 Å². The number of aromatic nitrogens is 2. The van der Waals surface area contributed by atoms with E-state index < -0.39 is 5.97 Å². The Morgan fingerprint density at radius 1 is 1.43 bits per heavy atom. The molecule has 21 heavy (non-hydrogen) atoms. The molecular weight excluding hydrogens is 266 g/mol. The number of carbonyl (C=O) groups is 1. The number of ether oxygens (including phenoxy) is 1. The number of pyridine rings is 1. The molecule has 5 heteroatoms. The molecule has 0 aliphatic rings. The van der Waals surface area contributed by atoms with Gasteiger partial charge < -0.3 is 4.74 Å². The molecule has 0 atom stereocenters. The van der Waals surface area contributed by atoms with Gasteiger partial charge in [0.2, 0.25) is 0 Å². The molecule has 0 N–H and O–H groups in total. The van der Waals surface area contributed by atoms with Crippen molar-refractivity contribution in [2.24, 2.45) is 0 Å². The van der Waals surface area contributed by atoms with E-state index in [1.807, 2.05) is 34.9 Å². The van der Waals surface area contributed by atoms with Crippen LogP contribution in [0.1, 0.15) is 28.4 Å². The number of aryl methyl sites for hydroxylation is 1. The van der Waals surface area contributed by atoms with E-state index in [1.165, 1.54) is 0 Å². The van der Waals surface area contributed by atoms with Gasteiger partial charge in [0, 0.05) is 6.20 Å². The lowest BCUT2D eigenvalue weighted by atomic mass is 10.1. The van der Waals surface area contributed by atoms with Crippen LogP contribution in [0.25, 0.3) is 16.7 Å². The summed E-state index contributed by atoms with van der Waals surface area (Å²) in [6.07, 6.45) is 1.82. The second-order valence-corrected chi connectivity index (χ2v) is 4.69. The predicted molar refractivity (Wildman–Crippen MR) is 78.1 cm³/mol. The zero-order valence-electron chi connectivity index (χ0n) is 11.8. The highest BCUT2D eigenvalue weighted by atomic mass is 16.5. The number of carbonyl (C=O) groups excluding carboxylic acids is 1. The van der Waals surface area contributed by atoms with E-state index >= 15 is 0 Å². The number of nitrogens with zero attached hydrogens (tertiary/aromatic N) is 3. The first-order chi connectivity index (χ1) is 10.2. The molecule has 0 radical (unpaired) electrons. The topological polar surface area (TPSA) is 67.4 Å². The van der Waals surface area contributed by atoms with E-state index in [1.54, 1.807) is 13.8 Å². The average molecular weight is 279 g/mol. The number of rotatable bonds is 2. The van der Waals surface area contributed by atoms with Crippen LogP contribution in [0.15, 0.2) is 30.5 Å². The molecule has 0 saturated heterocycles. The van der Waals surface area contributed by atoms with Gasteiger partial charge in [-0.1, -0.05) is 12.1 Å². The molecule has 3 aromatic rings. The lowest BCUT2D eigenvalue weighted by Gasteiger charge is -2.09. The van der Waals surface area contributed by atoms with Crippen molar-refractivity contribution in [2.45, 2.75) is 13.8 Å². The minimum absolute atomic E-state index is 0.254. The van der Waals surface area contributed by atoms with Crippen LogP contribution in [0.3, 0.4) is 0 Å². The average Bonchev–Trinajstić information content (AvgIpc) is 2.84. The Morgan fingerprint density at radius 3 is 2.90 bits per heavy atom. The highest BCUT2D eigenvalue weighted by Crippen LogP contribution is 2.24. The van der Waals surface area contributed by atoms with Gasteiger partial charge in [0.15, 0.2) is 5.65 Å². The van der Waals surface area contributed by atoms with Crippen molar-refractivity contribution < 1.29 is 9.53 Å². The van der Waals surface area contributed by atoms with Crippen LogP contribution in [0.4, 0.5) is 0 Å². The molecule has 2 aromatic heterocycles. The van der Waals surface area contributed by atoms with Crippen molar-refractivity contribution in [1.82, 2.24) is 9.38 Å². The van der Waals surface area contributed by atoms with Crippen molar-refractivity contribution in [1.29, 1.82) is 5.26 Å². The molecule has 3 rings (SSSR count). The largest absolute Gasteiger partial charge is 0.462 e. The number of benzene rings is 1. The standard InChI is InChI=1S/C16H13N3O2/c1-3-21-16(20)14-10(2)9-19-13-7-5-4-6-12(13)18-15(19)11(14)8-17/h4-7,9H,3H2,1-2H3. The number of hydrogen-bond donors (Lipinski definition) is 0. The lowest BCUT2D eigenvalue weighted by Crippen LogP contribution is -2.11. The number of esters is 1.